The van der Waals surface area contributed by atoms with Gasteiger partial charge in [-0.1, -0.05) is 0 Å². The van der Waals surface area contributed by atoms with Crippen molar-refractivity contribution in [2.45, 2.75) is 6.92 Å². The van der Waals surface area contributed by atoms with Gasteiger partial charge in [-0.25, -0.2) is 9.97 Å². The smallest absolute Gasteiger partial charge is 0.239 e. The molecule has 0 unspecified atom stereocenters. The van der Waals surface area contributed by atoms with Crippen LogP contribution in [0.25, 0.3) is 0 Å². The third-order valence-electron chi connectivity index (χ3n) is 1.90. The van der Waals surface area contributed by atoms with Crippen molar-refractivity contribution >= 4 is 11.7 Å². The van der Waals surface area contributed by atoms with E-state index in [1.54, 1.807) is 11.9 Å². The maximum Gasteiger partial charge on any atom is 0.239 e. The van der Waals surface area contributed by atoms with Gasteiger partial charge >= 0.3 is 0 Å². The molecule has 1 amide bonds. The lowest BCUT2D eigenvalue weighted by molar-refractivity contribution is -0.119. The number of rotatable bonds is 4. The van der Waals surface area contributed by atoms with Gasteiger partial charge in [0.15, 0.2) is 11.5 Å². The molecule has 0 saturated heterocycles. The second-order valence-electron chi connectivity index (χ2n) is 3.15. The van der Waals surface area contributed by atoms with Crippen LogP contribution in [0.5, 0.6) is 0 Å². The SMILES string of the molecule is CCNC(=O)CN(C)c1nccnc1C#N. The first-order valence-corrected chi connectivity index (χ1v) is 4.88. The Morgan fingerprint density at radius 3 is 2.88 bits per heavy atom. The van der Waals surface area contributed by atoms with Gasteiger partial charge in [0.25, 0.3) is 0 Å². The predicted octanol–water partition coefficient (Wildman–Crippen LogP) is -0.0794. The average molecular weight is 219 g/mol. The summed E-state index contributed by atoms with van der Waals surface area (Å²) in [4.78, 5) is 20.8. The molecule has 1 N–H and O–H groups in total. The molecule has 0 aliphatic heterocycles. The van der Waals surface area contributed by atoms with E-state index in [0.717, 1.165) is 0 Å². The highest BCUT2D eigenvalue weighted by Gasteiger charge is 2.12. The van der Waals surface area contributed by atoms with E-state index >= 15 is 0 Å². The largest absolute Gasteiger partial charge is 0.355 e. The number of aromatic nitrogens is 2. The fraction of sp³-hybridized carbons (Fsp3) is 0.400. The molecule has 6 heteroatoms. The molecule has 0 aliphatic carbocycles. The van der Waals surface area contributed by atoms with Crippen molar-refractivity contribution in [3.05, 3.63) is 18.1 Å². The van der Waals surface area contributed by atoms with Crippen LogP contribution in [0.2, 0.25) is 0 Å². The van der Waals surface area contributed by atoms with Gasteiger partial charge in [0.05, 0.1) is 6.54 Å². The number of anilines is 1. The normalized spacial score (nSPS) is 9.31. The first-order chi connectivity index (χ1) is 7.69. The van der Waals surface area contributed by atoms with E-state index in [4.69, 9.17) is 5.26 Å². The third kappa shape index (κ3) is 2.92. The first-order valence-electron chi connectivity index (χ1n) is 4.88. The minimum atomic E-state index is -0.112. The minimum Gasteiger partial charge on any atom is -0.355 e. The Kier molecular flexibility index (Phi) is 4.21. The molecule has 16 heavy (non-hydrogen) atoms. The molecule has 1 rings (SSSR count). The van der Waals surface area contributed by atoms with Gasteiger partial charge < -0.3 is 10.2 Å². The number of nitriles is 1. The Labute approximate surface area is 93.9 Å². The predicted molar refractivity (Wildman–Crippen MR) is 58.7 cm³/mol. The summed E-state index contributed by atoms with van der Waals surface area (Å²) in [7, 11) is 1.69. The van der Waals surface area contributed by atoms with Gasteiger partial charge in [0, 0.05) is 26.0 Å². The molecule has 6 nitrogen and oxygen atoms in total. The topological polar surface area (TPSA) is 81.9 Å². The van der Waals surface area contributed by atoms with Gasteiger partial charge in [0.2, 0.25) is 5.91 Å². The molecule has 0 saturated carbocycles. The van der Waals surface area contributed by atoms with Crippen molar-refractivity contribution in [3.63, 3.8) is 0 Å². The number of hydrogen-bond acceptors (Lipinski definition) is 5. The highest BCUT2D eigenvalue weighted by atomic mass is 16.2. The Bertz CT molecular complexity index is 412. The first kappa shape index (κ1) is 11.9. The summed E-state index contributed by atoms with van der Waals surface area (Å²) >= 11 is 0. The Morgan fingerprint density at radius 2 is 2.25 bits per heavy atom. The van der Waals surface area contributed by atoms with Crippen molar-refractivity contribution in [3.8, 4) is 6.07 Å². The minimum absolute atomic E-state index is 0.112. The quantitative estimate of drug-likeness (QED) is 0.766. The lowest BCUT2D eigenvalue weighted by atomic mass is 10.4. The number of hydrogen-bond donors (Lipinski definition) is 1. The van der Waals surface area contributed by atoms with Crippen LogP contribution >= 0.6 is 0 Å². The Hall–Kier alpha value is -2.16. The van der Waals surface area contributed by atoms with E-state index in [1.807, 2.05) is 13.0 Å². The van der Waals surface area contributed by atoms with E-state index in [1.165, 1.54) is 12.4 Å². The summed E-state index contributed by atoms with van der Waals surface area (Å²) in [6.45, 7) is 2.58. The molecule has 0 spiro atoms. The fourth-order valence-electron chi connectivity index (χ4n) is 1.23. The summed E-state index contributed by atoms with van der Waals surface area (Å²) in [5.74, 6) is 0.302. The molecular weight excluding hydrogens is 206 g/mol. The van der Waals surface area contributed by atoms with Gasteiger partial charge in [0.1, 0.15) is 6.07 Å². The fourth-order valence-corrected chi connectivity index (χ4v) is 1.23. The van der Waals surface area contributed by atoms with Gasteiger partial charge in [-0.2, -0.15) is 5.26 Å². The van der Waals surface area contributed by atoms with Crippen LogP contribution in [0.1, 0.15) is 12.6 Å². The van der Waals surface area contributed by atoms with Crippen LogP contribution in [0, 0.1) is 11.3 Å². The maximum atomic E-state index is 11.3. The molecule has 84 valence electrons. The number of carbonyl (C=O) groups is 1. The highest BCUT2D eigenvalue weighted by Crippen LogP contribution is 2.10. The van der Waals surface area contributed by atoms with Crippen molar-refractivity contribution in [1.29, 1.82) is 5.26 Å². The van der Waals surface area contributed by atoms with Crippen LogP contribution < -0.4 is 10.2 Å². The summed E-state index contributed by atoms with van der Waals surface area (Å²) in [5, 5.41) is 11.5. The van der Waals surface area contributed by atoms with E-state index in [0.29, 0.717) is 12.4 Å². The zero-order chi connectivity index (χ0) is 12.0. The Balaban J connectivity index is 2.77. The summed E-state index contributed by atoms with van der Waals surface area (Å²) < 4.78 is 0. The average Bonchev–Trinajstić information content (AvgIpc) is 2.29. The number of nitrogens with one attached hydrogen (secondary N) is 1. The van der Waals surface area contributed by atoms with E-state index < -0.39 is 0 Å². The van der Waals surface area contributed by atoms with Gasteiger partial charge in [-0.05, 0) is 6.92 Å². The zero-order valence-electron chi connectivity index (χ0n) is 9.27. The number of carbonyl (C=O) groups excluding carboxylic acids is 1. The molecule has 0 bridgehead atoms. The third-order valence-corrected chi connectivity index (χ3v) is 1.90. The lowest BCUT2D eigenvalue weighted by Gasteiger charge is -2.17. The number of nitrogens with zero attached hydrogens (tertiary/aromatic N) is 4. The van der Waals surface area contributed by atoms with Crippen molar-refractivity contribution < 1.29 is 4.79 Å². The molecule has 1 aromatic rings. The zero-order valence-corrected chi connectivity index (χ0v) is 9.27. The van der Waals surface area contributed by atoms with Crippen LogP contribution in [0.15, 0.2) is 12.4 Å². The maximum absolute atomic E-state index is 11.3. The van der Waals surface area contributed by atoms with E-state index in [2.05, 4.69) is 15.3 Å². The van der Waals surface area contributed by atoms with Crippen molar-refractivity contribution in [1.82, 2.24) is 15.3 Å². The molecule has 1 heterocycles. The molecule has 0 radical (unpaired) electrons. The lowest BCUT2D eigenvalue weighted by Crippen LogP contribution is -2.35. The van der Waals surface area contributed by atoms with E-state index in [9.17, 15) is 4.79 Å². The molecule has 1 aromatic heterocycles. The standard InChI is InChI=1S/C10H13N5O/c1-3-12-9(16)7-15(2)10-8(6-11)13-4-5-14-10/h4-5H,3,7H2,1-2H3,(H,12,16). The second-order valence-corrected chi connectivity index (χ2v) is 3.15. The van der Waals surface area contributed by atoms with Gasteiger partial charge in [-0.15, -0.1) is 0 Å². The van der Waals surface area contributed by atoms with Crippen LogP contribution in [-0.2, 0) is 4.79 Å². The van der Waals surface area contributed by atoms with Crippen molar-refractivity contribution in [2.75, 3.05) is 25.0 Å². The summed E-state index contributed by atoms with van der Waals surface area (Å²) in [5.41, 5.74) is 0.217. The van der Waals surface area contributed by atoms with Crippen molar-refractivity contribution in [2.24, 2.45) is 0 Å². The van der Waals surface area contributed by atoms with Crippen LogP contribution in [0.4, 0.5) is 5.82 Å². The number of likely N-dealkylation sites (N-methyl/N-ethyl adjacent to an activating group) is 2. The molecule has 0 aliphatic rings. The monoisotopic (exact) mass is 219 g/mol. The molecule has 0 aromatic carbocycles. The summed E-state index contributed by atoms with van der Waals surface area (Å²) in [6, 6.07) is 1.93. The van der Waals surface area contributed by atoms with Gasteiger partial charge in [-0.3, -0.25) is 4.79 Å². The Morgan fingerprint density at radius 1 is 1.56 bits per heavy atom. The molecule has 0 fully saturated rings. The molecular formula is C10H13N5O. The summed E-state index contributed by atoms with van der Waals surface area (Å²) in [6.07, 6.45) is 2.94. The van der Waals surface area contributed by atoms with E-state index in [-0.39, 0.29) is 18.1 Å². The van der Waals surface area contributed by atoms with Crippen LogP contribution in [0.3, 0.4) is 0 Å². The second kappa shape index (κ2) is 5.66. The highest BCUT2D eigenvalue weighted by molar-refractivity contribution is 5.81. The number of amides is 1. The van der Waals surface area contributed by atoms with Crippen LogP contribution in [-0.4, -0.2) is 36.0 Å². The molecule has 0 atom stereocenters.